The molecule has 1 aromatic rings. The van der Waals surface area contributed by atoms with Gasteiger partial charge in [0.1, 0.15) is 0 Å². The topological polar surface area (TPSA) is 15.3 Å². The van der Waals surface area contributed by atoms with E-state index in [0.717, 1.165) is 38.2 Å². The molecule has 0 aromatic heterocycles. The summed E-state index contributed by atoms with van der Waals surface area (Å²) in [5.41, 5.74) is 1.64. The van der Waals surface area contributed by atoms with Gasteiger partial charge in [-0.05, 0) is 49.3 Å². The first kappa shape index (κ1) is 14.5. The third-order valence-corrected chi connectivity index (χ3v) is 4.47. The highest BCUT2D eigenvalue weighted by Crippen LogP contribution is 2.43. The Morgan fingerprint density at radius 2 is 1.86 bits per heavy atom. The molecule has 116 valence electrons. The van der Waals surface area contributed by atoms with Gasteiger partial charge in [-0.3, -0.25) is 0 Å². The van der Waals surface area contributed by atoms with Crippen molar-refractivity contribution in [2.45, 2.75) is 38.8 Å². The first-order valence-corrected chi connectivity index (χ1v) is 7.68. The summed E-state index contributed by atoms with van der Waals surface area (Å²) in [4.78, 5) is 2.23. The van der Waals surface area contributed by atoms with Gasteiger partial charge in [0.2, 0.25) is 0 Å². The summed E-state index contributed by atoms with van der Waals surface area (Å²) < 4.78 is 39.7. The van der Waals surface area contributed by atoms with Gasteiger partial charge in [0.25, 0.3) is 0 Å². The Morgan fingerprint density at radius 3 is 2.52 bits per heavy atom. The van der Waals surface area contributed by atoms with E-state index in [0.29, 0.717) is 17.7 Å². The highest BCUT2D eigenvalue weighted by molar-refractivity contribution is 5.76. The first-order valence-electron chi connectivity index (χ1n) is 7.68. The molecule has 0 aliphatic carbocycles. The second kappa shape index (κ2) is 5.43. The van der Waals surface area contributed by atoms with Crippen molar-refractivity contribution in [1.29, 1.82) is 0 Å². The van der Waals surface area contributed by atoms with Crippen molar-refractivity contribution in [1.82, 2.24) is 0 Å². The number of nitrogens with zero attached hydrogens (tertiary/aromatic N) is 1. The van der Waals surface area contributed by atoms with Crippen molar-refractivity contribution in [3.8, 4) is 0 Å². The first-order chi connectivity index (χ1) is 9.97. The average molecular weight is 298 g/mol. The number of hydrogen-bond donors (Lipinski definition) is 1. The van der Waals surface area contributed by atoms with Crippen LogP contribution in [0.2, 0.25) is 0 Å². The zero-order valence-electron chi connectivity index (χ0n) is 12.3. The summed E-state index contributed by atoms with van der Waals surface area (Å²) in [5, 5.41) is 3.25. The Bertz CT molecular complexity index is 519. The molecule has 1 aromatic carbocycles. The average Bonchev–Trinajstić information content (AvgIpc) is 2.45. The smallest absolute Gasteiger partial charge is 0.383 e. The number of fused-ring (bicyclic) bond motifs is 1. The van der Waals surface area contributed by atoms with Crippen LogP contribution in [-0.4, -0.2) is 19.6 Å². The molecule has 0 bridgehead atoms. The molecule has 0 spiro atoms. The molecule has 21 heavy (non-hydrogen) atoms. The summed E-state index contributed by atoms with van der Waals surface area (Å²) in [7, 11) is 0. The Labute approximate surface area is 123 Å². The maximum absolute atomic E-state index is 13.2. The fourth-order valence-electron chi connectivity index (χ4n) is 3.41. The van der Waals surface area contributed by atoms with E-state index in [9.17, 15) is 13.2 Å². The molecule has 1 saturated heterocycles. The lowest BCUT2D eigenvalue weighted by molar-refractivity contribution is -0.138. The highest BCUT2D eigenvalue weighted by Gasteiger charge is 2.37. The molecule has 2 heterocycles. The fraction of sp³-hybridized carbons (Fsp3) is 0.625. The molecular formula is C16H21F3N2. The molecule has 3 rings (SSSR count). The van der Waals surface area contributed by atoms with E-state index >= 15 is 0 Å². The van der Waals surface area contributed by atoms with E-state index in [1.54, 1.807) is 6.07 Å². The van der Waals surface area contributed by atoms with E-state index < -0.39 is 11.7 Å². The number of rotatable bonds is 1. The van der Waals surface area contributed by atoms with Crippen LogP contribution in [0.1, 0.15) is 37.3 Å². The van der Waals surface area contributed by atoms with Gasteiger partial charge in [-0.25, -0.2) is 0 Å². The van der Waals surface area contributed by atoms with Crippen LogP contribution in [0.3, 0.4) is 0 Å². The minimum absolute atomic E-state index is 0.232. The normalized spacial score (nSPS) is 22.7. The van der Waals surface area contributed by atoms with Gasteiger partial charge in [-0.15, -0.1) is 0 Å². The third kappa shape index (κ3) is 2.83. The van der Waals surface area contributed by atoms with Gasteiger partial charge in [0, 0.05) is 19.6 Å². The summed E-state index contributed by atoms with van der Waals surface area (Å²) in [6.07, 6.45) is -0.329. The van der Waals surface area contributed by atoms with Crippen molar-refractivity contribution in [2.75, 3.05) is 29.9 Å². The Morgan fingerprint density at radius 1 is 1.14 bits per heavy atom. The maximum Gasteiger partial charge on any atom is 0.416 e. The number of anilines is 2. The van der Waals surface area contributed by atoms with Crippen molar-refractivity contribution >= 4 is 11.4 Å². The maximum atomic E-state index is 13.2. The number of nitrogens with one attached hydrogen (secondary N) is 1. The predicted octanol–water partition coefficient (Wildman–Crippen LogP) is 4.30. The zero-order valence-corrected chi connectivity index (χ0v) is 12.3. The van der Waals surface area contributed by atoms with Gasteiger partial charge in [-0.2, -0.15) is 13.2 Å². The highest BCUT2D eigenvalue weighted by atomic mass is 19.4. The van der Waals surface area contributed by atoms with E-state index in [2.05, 4.69) is 10.2 Å². The number of alkyl halides is 3. The molecule has 0 saturated carbocycles. The van der Waals surface area contributed by atoms with Crippen LogP contribution in [0.4, 0.5) is 24.5 Å². The lowest BCUT2D eigenvalue weighted by atomic mass is 9.90. The van der Waals surface area contributed by atoms with Gasteiger partial charge in [0.05, 0.1) is 16.9 Å². The predicted molar refractivity (Wildman–Crippen MR) is 78.9 cm³/mol. The number of benzene rings is 1. The molecule has 1 N–H and O–H groups in total. The van der Waals surface area contributed by atoms with Gasteiger partial charge >= 0.3 is 6.18 Å². The molecule has 2 nitrogen and oxygen atoms in total. The van der Waals surface area contributed by atoms with E-state index in [1.165, 1.54) is 12.5 Å². The van der Waals surface area contributed by atoms with Crippen LogP contribution in [0.25, 0.3) is 0 Å². The third-order valence-electron chi connectivity index (χ3n) is 4.47. The van der Waals surface area contributed by atoms with Crippen LogP contribution < -0.4 is 10.2 Å². The molecule has 5 heteroatoms. The molecule has 2 aliphatic heterocycles. The second-order valence-corrected chi connectivity index (χ2v) is 6.22. The largest absolute Gasteiger partial charge is 0.416 e. The number of piperidine rings is 1. The zero-order chi connectivity index (χ0) is 15.0. The van der Waals surface area contributed by atoms with Gasteiger partial charge in [0.15, 0.2) is 0 Å². The molecule has 1 atom stereocenters. The second-order valence-electron chi connectivity index (χ2n) is 6.22. The van der Waals surface area contributed by atoms with Crippen molar-refractivity contribution < 1.29 is 13.2 Å². The fourth-order valence-corrected chi connectivity index (χ4v) is 3.41. The quantitative estimate of drug-likeness (QED) is 0.831. The summed E-state index contributed by atoms with van der Waals surface area (Å²) in [6, 6.07) is 2.92. The van der Waals surface area contributed by atoms with Crippen LogP contribution in [0.15, 0.2) is 12.1 Å². The molecule has 0 radical (unpaired) electrons. The lowest BCUT2D eigenvalue weighted by Crippen LogP contribution is -2.32. The van der Waals surface area contributed by atoms with Gasteiger partial charge in [-0.1, -0.05) is 6.92 Å². The van der Waals surface area contributed by atoms with Crippen molar-refractivity contribution in [3.05, 3.63) is 23.3 Å². The molecular weight excluding hydrogens is 277 g/mol. The van der Waals surface area contributed by atoms with E-state index in [-0.39, 0.29) is 5.92 Å². The van der Waals surface area contributed by atoms with Crippen LogP contribution in [0.5, 0.6) is 0 Å². The minimum atomic E-state index is -4.27. The molecule has 0 amide bonds. The van der Waals surface area contributed by atoms with Crippen LogP contribution in [-0.2, 0) is 12.6 Å². The summed E-state index contributed by atoms with van der Waals surface area (Å²) >= 11 is 0. The van der Waals surface area contributed by atoms with Gasteiger partial charge < -0.3 is 10.2 Å². The minimum Gasteiger partial charge on any atom is -0.383 e. The van der Waals surface area contributed by atoms with Crippen molar-refractivity contribution in [2.24, 2.45) is 5.92 Å². The lowest BCUT2D eigenvalue weighted by Gasteiger charge is -2.35. The summed E-state index contributed by atoms with van der Waals surface area (Å²) in [6.45, 7) is 4.61. The number of halogens is 3. The van der Waals surface area contributed by atoms with Crippen molar-refractivity contribution in [3.63, 3.8) is 0 Å². The monoisotopic (exact) mass is 298 g/mol. The SMILES string of the molecule is CC1CNc2c(N3CCCCC3)ccc(C(F)(F)F)c2C1. The Hall–Kier alpha value is -1.39. The molecule has 2 aliphatic rings. The molecule has 1 fully saturated rings. The summed E-state index contributed by atoms with van der Waals surface area (Å²) in [5.74, 6) is 0.232. The van der Waals surface area contributed by atoms with Crippen LogP contribution in [0, 0.1) is 5.92 Å². The number of hydrogen-bond acceptors (Lipinski definition) is 2. The standard InChI is InChI=1S/C16H21F3N2/c1-11-9-12-13(16(17,18)19)5-6-14(15(12)20-10-11)21-7-3-2-4-8-21/h5-6,11,20H,2-4,7-10H2,1H3. The Balaban J connectivity index is 2.05. The molecule has 1 unspecified atom stereocenters. The Kier molecular flexibility index (Phi) is 3.76. The van der Waals surface area contributed by atoms with E-state index in [4.69, 9.17) is 0 Å². The van der Waals surface area contributed by atoms with Crippen LogP contribution >= 0.6 is 0 Å². The van der Waals surface area contributed by atoms with E-state index in [1.807, 2.05) is 6.92 Å².